The molecular weight excluding hydrogens is 316 g/mol. The van der Waals surface area contributed by atoms with Crippen LogP contribution in [0.5, 0.6) is 0 Å². The Labute approximate surface area is 146 Å². The third-order valence-corrected chi connectivity index (χ3v) is 4.44. The minimum Gasteiger partial charge on any atom is -0.463 e. The summed E-state index contributed by atoms with van der Waals surface area (Å²) in [5.74, 6) is 1.36. The molecule has 0 aromatic carbocycles. The van der Waals surface area contributed by atoms with E-state index in [2.05, 4.69) is 14.9 Å². The number of hydrogen-bond donors (Lipinski definition) is 1. The van der Waals surface area contributed by atoms with Gasteiger partial charge in [0.2, 0.25) is 5.95 Å². The summed E-state index contributed by atoms with van der Waals surface area (Å²) in [5, 5.41) is 9.71. The maximum absolute atomic E-state index is 9.71. The highest BCUT2D eigenvalue weighted by Gasteiger charge is 2.22. The number of aliphatic hydroxyl groups is 1. The molecule has 4 rings (SSSR count). The highest BCUT2D eigenvalue weighted by atomic mass is 16.3. The molecule has 0 saturated carbocycles. The van der Waals surface area contributed by atoms with Crippen LogP contribution in [-0.2, 0) is 0 Å². The molecule has 6 nitrogen and oxygen atoms in total. The lowest BCUT2D eigenvalue weighted by atomic mass is 10.1. The van der Waals surface area contributed by atoms with Crippen LogP contribution < -0.4 is 4.90 Å². The van der Waals surface area contributed by atoms with Gasteiger partial charge in [-0.05, 0) is 44.0 Å². The Morgan fingerprint density at radius 1 is 1.12 bits per heavy atom. The van der Waals surface area contributed by atoms with Crippen molar-refractivity contribution < 1.29 is 9.52 Å². The molecule has 0 amide bonds. The Bertz CT molecular complexity index is 856. The molecule has 0 radical (unpaired) electrons. The van der Waals surface area contributed by atoms with Crippen molar-refractivity contribution in [1.29, 1.82) is 0 Å². The fourth-order valence-corrected chi connectivity index (χ4v) is 3.07. The van der Waals surface area contributed by atoms with Gasteiger partial charge in [0.25, 0.3) is 0 Å². The maximum Gasteiger partial charge on any atom is 0.226 e. The monoisotopic (exact) mass is 336 g/mol. The predicted octanol–water partition coefficient (Wildman–Crippen LogP) is 3.07. The van der Waals surface area contributed by atoms with Gasteiger partial charge in [-0.3, -0.25) is 4.98 Å². The van der Waals surface area contributed by atoms with Gasteiger partial charge in [0.05, 0.1) is 18.1 Å². The van der Waals surface area contributed by atoms with E-state index in [0.717, 1.165) is 48.6 Å². The van der Waals surface area contributed by atoms with E-state index in [4.69, 9.17) is 9.40 Å². The number of aryl methyl sites for hydroxylation is 1. The van der Waals surface area contributed by atoms with Gasteiger partial charge in [-0.15, -0.1) is 0 Å². The third-order valence-electron chi connectivity index (χ3n) is 4.44. The molecule has 0 unspecified atom stereocenters. The average Bonchev–Trinajstić information content (AvgIpc) is 3.16. The van der Waals surface area contributed by atoms with Crippen LogP contribution in [0.4, 0.5) is 5.95 Å². The first-order chi connectivity index (χ1) is 12.2. The van der Waals surface area contributed by atoms with Crippen molar-refractivity contribution >= 4 is 5.95 Å². The number of nitrogens with zero attached hydrogens (tertiary/aromatic N) is 4. The van der Waals surface area contributed by atoms with Gasteiger partial charge in [-0.2, -0.15) is 0 Å². The molecule has 0 bridgehead atoms. The van der Waals surface area contributed by atoms with Crippen molar-refractivity contribution in [2.24, 2.45) is 0 Å². The number of rotatable bonds is 3. The molecule has 0 atom stereocenters. The summed E-state index contributed by atoms with van der Waals surface area (Å²) < 4.78 is 5.59. The van der Waals surface area contributed by atoms with Gasteiger partial charge >= 0.3 is 0 Å². The van der Waals surface area contributed by atoms with Crippen LogP contribution in [0, 0.1) is 6.92 Å². The molecular formula is C19H20N4O2. The second-order valence-electron chi connectivity index (χ2n) is 6.29. The lowest BCUT2D eigenvalue weighted by molar-refractivity contribution is 0.145. The van der Waals surface area contributed by atoms with Crippen molar-refractivity contribution in [2.75, 3.05) is 18.0 Å². The van der Waals surface area contributed by atoms with E-state index < -0.39 is 0 Å². The average molecular weight is 336 g/mol. The molecule has 4 heterocycles. The third kappa shape index (κ3) is 3.25. The minimum atomic E-state index is -0.225. The summed E-state index contributed by atoms with van der Waals surface area (Å²) in [6, 6.07) is 9.64. The van der Waals surface area contributed by atoms with Gasteiger partial charge in [0.1, 0.15) is 5.69 Å². The summed E-state index contributed by atoms with van der Waals surface area (Å²) in [4.78, 5) is 16.0. The van der Waals surface area contributed by atoms with E-state index in [1.165, 1.54) is 0 Å². The van der Waals surface area contributed by atoms with Crippen LogP contribution >= 0.6 is 0 Å². The molecule has 0 aliphatic carbocycles. The van der Waals surface area contributed by atoms with E-state index in [1.54, 1.807) is 6.26 Å². The fourth-order valence-electron chi connectivity index (χ4n) is 3.07. The number of pyridine rings is 1. The molecule has 128 valence electrons. The standard InChI is InChI=1S/C19H20N4O2/c1-13-4-2-5-16(21-13)15-12-20-19(23-9-7-14(24)8-10-23)22-18(15)17-6-3-11-25-17/h2-6,11-12,14,24H,7-10H2,1H3. The van der Waals surface area contributed by atoms with Crippen molar-refractivity contribution in [2.45, 2.75) is 25.9 Å². The Hall–Kier alpha value is -2.73. The fraction of sp³-hybridized carbons (Fsp3) is 0.316. The van der Waals surface area contributed by atoms with Crippen molar-refractivity contribution in [3.8, 4) is 22.7 Å². The van der Waals surface area contributed by atoms with Crippen molar-refractivity contribution in [1.82, 2.24) is 15.0 Å². The molecule has 1 fully saturated rings. The Morgan fingerprint density at radius 3 is 2.68 bits per heavy atom. The topological polar surface area (TPSA) is 75.3 Å². The molecule has 1 aliphatic rings. The zero-order chi connectivity index (χ0) is 17.2. The maximum atomic E-state index is 9.71. The zero-order valence-corrected chi connectivity index (χ0v) is 14.1. The van der Waals surface area contributed by atoms with E-state index in [-0.39, 0.29) is 6.10 Å². The predicted molar refractivity (Wildman–Crippen MR) is 95.2 cm³/mol. The number of furan rings is 1. The molecule has 1 aliphatic heterocycles. The normalized spacial score (nSPS) is 15.5. The molecule has 1 N–H and O–H groups in total. The van der Waals surface area contributed by atoms with Crippen LogP contribution in [0.3, 0.4) is 0 Å². The second-order valence-corrected chi connectivity index (χ2v) is 6.29. The molecule has 3 aromatic rings. The summed E-state index contributed by atoms with van der Waals surface area (Å²) in [5.41, 5.74) is 3.35. The Balaban J connectivity index is 1.77. The summed E-state index contributed by atoms with van der Waals surface area (Å²) in [6.07, 6.45) is 4.70. The quantitative estimate of drug-likeness (QED) is 0.792. The van der Waals surface area contributed by atoms with Gasteiger partial charge in [-0.25, -0.2) is 9.97 Å². The Kier molecular flexibility index (Phi) is 4.19. The lowest BCUT2D eigenvalue weighted by Crippen LogP contribution is -2.36. The van der Waals surface area contributed by atoms with Crippen molar-refractivity contribution in [3.05, 3.63) is 48.5 Å². The smallest absolute Gasteiger partial charge is 0.226 e. The minimum absolute atomic E-state index is 0.225. The first-order valence-electron chi connectivity index (χ1n) is 8.48. The number of aliphatic hydroxyl groups excluding tert-OH is 1. The molecule has 25 heavy (non-hydrogen) atoms. The second kappa shape index (κ2) is 6.64. The summed E-state index contributed by atoms with van der Waals surface area (Å²) in [7, 11) is 0. The van der Waals surface area contributed by atoms with Crippen molar-refractivity contribution in [3.63, 3.8) is 0 Å². The number of piperidine rings is 1. The highest BCUT2D eigenvalue weighted by Crippen LogP contribution is 2.31. The largest absolute Gasteiger partial charge is 0.463 e. The van der Waals surface area contributed by atoms with E-state index in [1.807, 2.05) is 43.5 Å². The molecule has 6 heteroatoms. The van der Waals surface area contributed by atoms with Crippen LogP contribution in [0.1, 0.15) is 18.5 Å². The number of anilines is 1. The first kappa shape index (κ1) is 15.8. The zero-order valence-electron chi connectivity index (χ0n) is 14.1. The van der Waals surface area contributed by atoms with Gasteiger partial charge < -0.3 is 14.4 Å². The van der Waals surface area contributed by atoms with E-state index in [0.29, 0.717) is 11.7 Å². The molecule has 1 saturated heterocycles. The van der Waals surface area contributed by atoms with E-state index >= 15 is 0 Å². The van der Waals surface area contributed by atoms with Crippen LogP contribution in [-0.4, -0.2) is 39.3 Å². The highest BCUT2D eigenvalue weighted by molar-refractivity contribution is 5.76. The number of aromatic nitrogens is 3. The summed E-state index contributed by atoms with van der Waals surface area (Å²) >= 11 is 0. The van der Waals surface area contributed by atoms with E-state index in [9.17, 15) is 5.11 Å². The first-order valence-corrected chi connectivity index (χ1v) is 8.48. The lowest BCUT2D eigenvalue weighted by Gasteiger charge is -2.29. The molecule has 3 aromatic heterocycles. The van der Waals surface area contributed by atoms with Gasteiger partial charge in [-0.1, -0.05) is 6.07 Å². The molecule has 0 spiro atoms. The summed E-state index contributed by atoms with van der Waals surface area (Å²) in [6.45, 7) is 3.46. The Morgan fingerprint density at radius 2 is 1.96 bits per heavy atom. The van der Waals surface area contributed by atoms with Crippen LogP contribution in [0.2, 0.25) is 0 Å². The van der Waals surface area contributed by atoms with Crippen LogP contribution in [0.25, 0.3) is 22.7 Å². The van der Waals surface area contributed by atoms with Crippen LogP contribution in [0.15, 0.2) is 47.2 Å². The van der Waals surface area contributed by atoms with Gasteiger partial charge in [0, 0.05) is 30.5 Å². The SMILES string of the molecule is Cc1cccc(-c2cnc(N3CCC(O)CC3)nc2-c2ccco2)n1. The van der Waals surface area contributed by atoms with Gasteiger partial charge in [0.15, 0.2) is 5.76 Å². The number of hydrogen-bond acceptors (Lipinski definition) is 6.